The van der Waals surface area contributed by atoms with Crippen molar-refractivity contribution >= 4 is 5.91 Å². The number of ether oxygens (including phenoxy) is 3. The van der Waals surface area contributed by atoms with Crippen LogP contribution in [0.3, 0.4) is 0 Å². The fourth-order valence-electron chi connectivity index (χ4n) is 3.52. The van der Waals surface area contributed by atoms with Gasteiger partial charge in [-0.25, -0.2) is 0 Å². The van der Waals surface area contributed by atoms with Crippen LogP contribution in [0.2, 0.25) is 0 Å². The summed E-state index contributed by atoms with van der Waals surface area (Å²) in [6.45, 7) is 2.63. The molecule has 0 radical (unpaired) electrons. The number of rotatable bonds is 9. The molecule has 1 saturated heterocycles. The summed E-state index contributed by atoms with van der Waals surface area (Å²) < 4.78 is 21.7. The molecule has 2 aromatic rings. The van der Waals surface area contributed by atoms with E-state index in [0.29, 0.717) is 54.9 Å². The van der Waals surface area contributed by atoms with Gasteiger partial charge in [-0.1, -0.05) is 5.16 Å². The van der Waals surface area contributed by atoms with Crippen molar-refractivity contribution in [2.75, 3.05) is 40.5 Å². The van der Waals surface area contributed by atoms with Crippen molar-refractivity contribution < 1.29 is 23.5 Å². The van der Waals surface area contributed by atoms with Crippen molar-refractivity contribution in [2.45, 2.75) is 31.6 Å². The molecule has 4 rings (SSSR count). The smallest absolute Gasteiger partial charge is 0.257 e. The molecular formula is C21H27N3O5. The lowest BCUT2D eigenvalue weighted by Gasteiger charge is -2.18. The molecule has 2 fully saturated rings. The molecule has 156 valence electrons. The largest absolute Gasteiger partial charge is 0.497 e. The number of hydrogen-bond donors (Lipinski definition) is 0. The van der Waals surface area contributed by atoms with E-state index in [4.69, 9.17) is 18.7 Å². The highest BCUT2D eigenvalue weighted by Gasteiger charge is 2.32. The Morgan fingerprint density at radius 3 is 2.86 bits per heavy atom. The molecule has 1 aromatic heterocycles. The van der Waals surface area contributed by atoms with Crippen LogP contribution in [-0.2, 0) is 11.2 Å². The first-order valence-corrected chi connectivity index (χ1v) is 10.1. The van der Waals surface area contributed by atoms with E-state index in [0.717, 1.165) is 18.9 Å². The van der Waals surface area contributed by atoms with Gasteiger partial charge >= 0.3 is 0 Å². The van der Waals surface area contributed by atoms with Crippen LogP contribution in [0.25, 0.3) is 0 Å². The van der Waals surface area contributed by atoms with Crippen LogP contribution in [0, 0.1) is 5.92 Å². The molecule has 2 heterocycles. The Kier molecular flexibility index (Phi) is 5.99. The van der Waals surface area contributed by atoms with Crippen LogP contribution in [0.1, 0.15) is 47.3 Å². The maximum Gasteiger partial charge on any atom is 0.257 e. The van der Waals surface area contributed by atoms with Crippen LogP contribution in [0.5, 0.6) is 11.5 Å². The van der Waals surface area contributed by atoms with Crippen molar-refractivity contribution in [3.05, 3.63) is 35.5 Å². The number of benzene rings is 1. The highest BCUT2D eigenvalue weighted by Crippen LogP contribution is 2.31. The fraction of sp³-hybridized carbons (Fsp3) is 0.571. The van der Waals surface area contributed by atoms with E-state index in [1.165, 1.54) is 12.8 Å². The molecule has 29 heavy (non-hydrogen) atoms. The normalized spacial score (nSPS) is 18.8. The standard InChI is InChI=1S/C21H27N3O5/c1-26-16-5-6-17(18(11-16)27-2)21(25)24-9-7-15(12-24)20-22-19(23-29-20)8-10-28-13-14-3-4-14/h5-6,11,14-15H,3-4,7-10,12-13H2,1-2H3. The minimum Gasteiger partial charge on any atom is -0.497 e. The number of likely N-dealkylation sites (tertiary alicyclic amines) is 1. The molecule has 1 amide bonds. The zero-order valence-corrected chi connectivity index (χ0v) is 16.9. The van der Waals surface area contributed by atoms with Gasteiger partial charge in [0.1, 0.15) is 11.5 Å². The van der Waals surface area contributed by atoms with Crippen molar-refractivity contribution in [2.24, 2.45) is 5.92 Å². The van der Waals surface area contributed by atoms with Gasteiger partial charge in [0, 0.05) is 32.2 Å². The predicted octanol–water partition coefficient (Wildman–Crippen LogP) is 2.69. The number of methoxy groups -OCH3 is 2. The Labute approximate surface area is 170 Å². The van der Waals surface area contributed by atoms with Crippen molar-refractivity contribution in [1.82, 2.24) is 15.0 Å². The molecule has 8 heteroatoms. The third-order valence-electron chi connectivity index (χ3n) is 5.47. The van der Waals surface area contributed by atoms with Crippen molar-refractivity contribution in [3.8, 4) is 11.5 Å². The lowest BCUT2D eigenvalue weighted by atomic mass is 10.1. The van der Waals surface area contributed by atoms with Crippen LogP contribution in [0.4, 0.5) is 0 Å². The van der Waals surface area contributed by atoms with E-state index in [-0.39, 0.29) is 11.8 Å². The summed E-state index contributed by atoms with van der Waals surface area (Å²) in [5.41, 5.74) is 0.521. The van der Waals surface area contributed by atoms with Crippen LogP contribution < -0.4 is 9.47 Å². The van der Waals surface area contributed by atoms with Crippen LogP contribution in [-0.4, -0.2) is 61.5 Å². The van der Waals surface area contributed by atoms with Crippen LogP contribution in [0.15, 0.2) is 22.7 Å². The monoisotopic (exact) mass is 401 g/mol. The SMILES string of the molecule is COc1ccc(C(=O)N2CCC(c3nc(CCOCC4CC4)no3)C2)c(OC)c1. The topological polar surface area (TPSA) is 86.9 Å². The molecule has 1 saturated carbocycles. The highest BCUT2D eigenvalue weighted by molar-refractivity contribution is 5.97. The first kappa shape index (κ1) is 19.7. The lowest BCUT2D eigenvalue weighted by Crippen LogP contribution is -2.28. The zero-order chi connectivity index (χ0) is 20.2. The average molecular weight is 401 g/mol. The van der Waals surface area contributed by atoms with E-state index in [9.17, 15) is 4.79 Å². The second-order valence-corrected chi connectivity index (χ2v) is 7.62. The van der Waals surface area contributed by atoms with Gasteiger partial charge in [-0.2, -0.15) is 4.98 Å². The Balaban J connectivity index is 1.33. The highest BCUT2D eigenvalue weighted by atomic mass is 16.5. The Hall–Kier alpha value is -2.61. The summed E-state index contributed by atoms with van der Waals surface area (Å²) >= 11 is 0. The Bertz CT molecular complexity index is 849. The van der Waals surface area contributed by atoms with Gasteiger partial charge in [-0.3, -0.25) is 4.79 Å². The first-order valence-electron chi connectivity index (χ1n) is 10.1. The minimum atomic E-state index is -0.0692. The van der Waals surface area contributed by atoms with E-state index in [1.54, 1.807) is 37.3 Å². The summed E-state index contributed by atoms with van der Waals surface area (Å²) in [6.07, 6.45) is 4.01. The van der Waals surface area contributed by atoms with Crippen molar-refractivity contribution in [3.63, 3.8) is 0 Å². The maximum absolute atomic E-state index is 13.0. The molecule has 1 atom stereocenters. The molecule has 0 spiro atoms. The van der Waals surface area contributed by atoms with Gasteiger partial charge < -0.3 is 23.6 Å². The number of aromatic nitrogens is 2. The third kappa shape index (κ3) is 4.70. The molecular weight excluding hydrogens is 374 g/mol. The number of carbonyl (C=O) groups excluding carboxylic acids is 1. The molecule has 0 N–H and O–H groups in total. The number of hydrogen-bond acceptors (Lipinski definition) is 7. The summed E-state index contributed by atoms with van der Waals surface area (Å²) in [4.78, 5) is 19.3. The number of nitrogens with zero attached hydrogens (tertiary/aromatic N) is 3. The van der Waals surface area contributed by atoms with Crippen molar-refractivity contribution in [1.29, 1.82) is 0 Å². The van der Waals surface area contributed by atoms with Gasteiger partial charge in [0.25, 0.3) is 5.91 Å². The Morgan fingerprint density at radius 2 is 2.10 bits per heavy atom. The molecule has 1 aliphatic heterocycles. The number of carbonyl (C=O) groups is 1. The molecule has 2 aliphatic rings. The van der Waals surface area contributed by atoms with Gasteiger partial charge in [0.05, 0.1) is 32.3 Å². The molecule has 0 bridgehead atoms. The van der Waals surface area contributed by atoms with E-state index < -0.39 is 0 Å². The van der Waals surface area contributed by atoms with E-state index in [1.807, 2.05) is 0 Å². The van der Waals surface area contributed by atoms with Gasteiger partial charge in [0.15, 0.2) is 5.82 Å². The summed E-state index contributed by atoms with van der Waals surface area (Å²) in [5, 5.41) is 4.06. The lowest BCUT2D eigenvalue weighted by molar-refractivity contribution is 0.0786. The summed E-state index contributed by atoms with van der Waals surface area (Å²) in [7, 11) is 3.13. The van der Waals surface area contributed by atoms with E-state index in [2.05, 4.69) is 10.1 Å². The molecule has 1 unspecified atom stereocenters. The molecule has 8 nitrogen and oxygen atoms in total. The Morgan fingerprint density at radius 1 is 1.24 bits per heavy atom. The number of amides is 1. The molecule has 1 aliphatic carbocycles. The zero-order valence-electron chi connectivity index (χ0n) is 16.9. The third-order valence-corrected chi connectivity index (χ3v) is 5.47. The summed E-state index contributed by atoms with van der Waals surface area (Å²) in [5.74, 6) is 3.15. The summed E-state index contributed by atoms with van der Waals surface area (Å²) in [6, 6.07) is 5.22. The quantitative estimate of drug-likeness (QED) is 0.597. The van der Waals surface area contributed by atoms with Gasteiger partial charge in [-0.15, -0.1) is 0 Å². The minimum absolute atomic E-state index is 0.0526. The second-order valence-electron chi connectivity index (χ2n) is 7.62. The van der Waals surface area contributed by atoms with Gasteiger partial charge in [-0.05, 0) is 37.3 Å². The molecule has 1 aromatic carbocycles. The van der Waals surface area contributed by atoms with Crippen LogP contribution >= 0.6 is 0 Å². The first-order chi connectivity index (χ1) is 14.2. The fourth-order valence-corrected chi connectivity index (χ4v) is 3.52. The second kappa shape index (κ2) is 8.82. The predicted molar refractivity (Wildman–Crippen MR) is 104 cm³/mol. The average Bonchev–Trinajstić information content (AvgIpc) is 3.24. The van der Waals surface area contributed by atoms with E-state index >= 15 is 0 Å². The maximum atomic E-state index is 13.0. The van der Waals surface area contributed by atoms with Gasteiger partial charge in [0.2, 0.25) is 5.89 Å².